The highest BCUT2D eigenvalue weighted by atomic mass is 35.5. The maximum Gasteiger partial charge on any atom is 0.224 e. The number of anilines is 2. The van der Waals surface area contributed by atoms with Crippen molar-refractivity contribution in [2.24, 2.45) is 5.73 Å². The summed E-state index contributed by atoms with van der Waals surface area (Å²) in [6, 6.07) is 18.2. The van der Waals surface area contributed by atoms with Gasteiger partial charge in [0.1, 0.15) is 0 Å². The van der Waals surface area contributed by atoms with Gasteiger partial charge in [-0.3, -0.25) is 4.79 Å². The van der Waals surface area contributed by atoms with Gasteiger partial charge in [-0.2, -0.15) is 0 Å². The van der Waals surface area contributed by atoms with E-state index < -0.39 is 0 Å². The molecule has 0 bridgehead atoms. The summed E-state index contributed by atoms with van der Waals surface area (Å²) >= 11 is 0. The minimum absolute atomic E-state index is 0. The van der Waals surface area contributed by atoms with Crippen LogP contribution < -0.4 is 16.0 Å². The van der Waals surface area contributed by atoms with E-state index in [4.69, 9.17) is 5.73 Å². The normalized spacial score (nSPS) is 10.8. The molecule has 0 aliphatic heterocycles. The largest absolute Gasteiger partial charge is 0.369 e. The number of nitrogens with one attached hydrogen (secondary N) is 1. The first-order valence-electron chi connectivity index (χ1n) is 7.96. The molecular weight excluding hydrogens is 357 g/mol. The quantitative estimate of drug-likeness (QED) is 0.751. The molecule has 1 unspecified atom stereocenters. The number of hydrogen-bond donors (Lipinski definition) is 2. The number of hydrogen-bond acceptors (Lipinski definition) is 3. The van der Waals surface area contributed by atoms with E-state index in [0.717, 1.165) is 17.9 Å². The lowest BCUT2D eigenvalue weighted by Gasteiger charge is -2.23. The van der Waals surface area contributed by atoms with Crippen LogP contribution in [0.15, 0.2) is 54.6 Å². The van der Waals surface area contributed by atoms with Crippen molar-refractivity contribution < 1.29 is 4.79 Å². The van der Waals surface area contributed by atoms with Crippen molar-refractivity contribution in [3.05, 3.63) is 60.2 Å². The van der Waals surface area contributed by atoms with E-state index in [1.165, 1.54) is 5.56 Å². The van der Waals surface area contributed by atoms with Crippen molar-refractivity contribution in [3.63, 3.8) is 0 Å². The minimum atomic E-state index is 0. The SMILES string of the molecule is CC(N)CCC(=O)Nc1ccccc1N(C)Cc1ccccc1.Cl.Cl. The maximum atomic E-state index is 12.1. The molecule has 2 aromatic carbocycles. The minimum Gasteiger partial charge on any atom is -0.369 e. The zero-order chi connectivity index (χ0) is 16.7. The van der Waals surface area contributed by atoms with Crippen molar-refractivity contribution in [1.29, 1.82) is 0 Å². The summed E-state index contributed by atoms with van der Waals surface area (Å²) in [4.78, 5) is 14.2. The summed E-state index contributed by atoms with van der Waals surface area (Å²) in [5.74, 6) is 0.00265. The Labute approximate surface area is 162 Å². The van der Waals surface area contributed by atoms with Gasteiger partial charge in [0.25, 0.3) is 0 Å². The van der Waals surface area contributed by atoms with E-state index in [1.807, 2.05) is 56.4 Å². The standard InChI is InChI=1S/C19H25N3O.2ClH/c1-15(20)12-13-19(23)21-17-10-6-7-11-18(17)22(2)14-16-8-4-3-5-9-16;;/h3-11,15H,12-14,20H2,1-2H3,(H,21,23);2*1H. The Bertz CT molecular complexity index is 636. The molecule has 0 radical (unpaired) electrons. The van der Waals surface area contributed by atoms with E-state index in [9.17, 15) is 4.79 Å². The van der Waals surface area contributed by atoms with Crippen LogP contribution in [0.2, 0.25) is 0 Å². The number of nitrogens with two attached hydrogens (primary N) is 1. The van der Waals surface area contributed by atoms with Crippen molar-refractivity contribution in [1.82, 2.24) is 0 Å². The fourth-order valence-corrected chi connectivity index (χ4v) is 2.43. The topological polar surface area (TPSA) is 58.4 Å². The van der Waals surface area contributed by atoms with Gasteiger partial charge in [0.05, 0.1) is 11.4 Å². The molecule has 0 heterocycles. The van der Waals surface area contributed by atoms with Crippen LogP contribution in [0.5, 0.6) is 0 Å². The molecular formula is C19H27Cl2N3O. The number of benzene rings is 2. The van der Waals surface area contributed by atoms with E-state index in [-0.39, 0.29) is 36.8 Å². The Morgan fingerprint density at radius 1 is 1.08 bits per heavy atom. The molecule has 0 aliphatic rings. The first-order valence-corrected chi connectivity index (χ1v) is 7.96. The highest BCUT2D eigenvalue weighted by molar-refractivity contribution is 5.94. The second-order valence-electron chi connectivity index (χ2n) is 5.92. The Kier molecular flexibility index (Phi) is 10.9. The Hall–Kier alpha value is -1.75. The molecule has 4 nitrogen and oxygen atoms in total. The van der Waals surface area contributed by atoms with Crippen LogP contribution in [0.4, 0.5) is 11.4 Å². The van der Waals surface area contributed by atoms with Crippen LogP contribution in [0, 0.1) is 0 Å². The Morgan fingerprint density at radius 2 is 1.68 bits per heavy atom. The highest BCUT2D eigenvalue weighted by Crippen LogP contribution is 2.26. The van der Waals surface area contributed by atoms with Crippen molar-refractivity contribution >= 4 is 42.1 Å². The molecule has 1 amide bonds. The molecule has 6 heteroatoms. The van der Waals surface area contributed by atoms with Gasteiger partial charge in [0.2, 0.25) is 5.91 Å². The second-order valence-corrected chi connectivity index (χ2v) is 5.92. The van der Waals surface area contributed by atoms with Gasteiger partial charge in [0.15, 0.2) is 0 Å². The van der Waals surface area contributed by atoms with Crippen LogP contribution in [0.25, 0.3) is 0 Å². The summed E-state index contributed by atoms with van der Waals surface area (Å²) in [7, 11) is 2.03. The highest BCUT2D eigenvalue weighted by Gasteiger charge is 2.11. The zero-order valence-corrected chi connectivity index (χ0v) is 16.3. The van der Waals surface area contributed by atoms with Gasteiger partial charge in [0, 0.05) is 26.1 Å². The van der Waals surface area contributed by atoms with E-state index >= 15 is 0 Å². The maximum absolute atomic E-state index is 12.1. The lowest BCUT2D eigenvalue weighted by Crippen LogP contribution is -2.22. The third kappa shape index (κ3) is 7.78. The third-order valence-corrected chi connectivity index (χ3v) is 3.68. The summed E-state index contributed by atoms with van der Waals surface area (Å²) < 4.78 is 0. The second kappa shape index (κ2) is 11.7. The van der Waals surface area contributed by atoms with Crippen LogP contribution in [0.1, 0.15) is 25.3 Å². The third-order valence-electron chi connectivity index (χ3n) is 3.68. The number of amides is 1. The predicted molar refractivity (Wildman–Crippen MR) is 111 cm³/mol. The van der Waals surface area contributed by atoms with Crippen LogP contribution in [0.3, 0.4) is 0 Å². The lowest BCUT2D eigenvalue weighted by atomic mass is 10.1. The van der Waals surface area contributed by atoms with E-state index in [1.54, 1.807) is 0 Å². The summed E-state index contributed by atoms with van der Waals surface area (Å²) in [6.45, 7) is 2.70. The van der Waals surface area contributed by atoms with Crippen LogP contribution >= 0.6 is 24.8 Å². The van der Waals surface area contributed by atoms with Crippen LogP contribution in [-0.2, 0) is 11.3 Å². The fourth-order valence-electron chi connectivity index (χ4n) is 2.43. The first kappa shape index (κ1) is 23.2. The number of halogens is 2. The summed E-state index contributed by atoms with van der Waals surface area (Å²) in [5.41, 5.74) is 8.78. The predicted octanol–water partition coefficient (Wildman–Crippen LogP) is 4.23. The Balaban J connectivity index is 0.00000288. The van der Waals surface area contributed by atoms with Gasteiger partial charge in [-0.25, -0.2) is 0 Å². The molecule has 2 rings (SSSR count). The van der Waals surface area contributed by atoms with Gasteiger partial charge < -0.3 is 16.0 Å². The molecule has 0 spiro atoms. The first-order chi connectivity index (χ1) is 11.1. The number of rotatable bonds is 7. The van der Waals surface area contributed by atoms with Gasteiger partial charge >= 0.3 is 0 Å². The molecule has 1 atom stereocenters. The van der Waals surface area contributed by atoms with Gasteiger partial charge in [-0.15, -0.1) is 24.8 Å². The molecule has 2 aromatic rings. The molecule has 0 fully saturated rings. The monoisotopic (exact) mass is 383 g/mol. The average Bonchev–Trinajstić information content (AvgIpc) is 2.54. The van der Waals surface area contributed by atoms with E-state index in [0.29, 0.717) is 12.8 Å². The van der Waals surface area contributed by atoms with E-state index in [2.05, 4.69) is 22.3 Å². The van der Waals surface area contributed by atoms with Crippen molar-refractivity contribution in [2.75, 3.05) is 17.3 Å². The van der Waals surface area contributed by atoms with Gasteiger partial charge in [-0.05, 0) is 31.0 Å². The molecule has 0 aromatic heterocycles. The fraction of sp³-hybridized carbons (Fsp3) is 0.316. The van der Waals surface area contributed by atoms with Gasteiger partial charge in [-0.1, -0.05) is 42.5 Å². The van der Waals surface area contributed by atoms with Crippen LogP contribution in [-0.4, -0.2) is 19.0 Å². The molecule has 25 heavy (non-hydrogen) atoms. The Morgan fingerprint density at radius 3 is 2.32 bits per heavy atom. The molecule has 0 saturated carbocycles. The number of carbonyl (C=O) groups is 1. The molecule has 3 N–H and O–H groups in total. The molecule has 0 aliphatic carbocycles. The zero-order valence-electron chi connectivity index (χ0n) is 14.6. The average molecular weight is 384 g/mol. The van der Waals surface area contributed by atoms with Crippen molar-refractivity contribution in [2.45, 2.75) is 32.4 Å². The number of carbonyl (C=O) groups excluding carboxylic acids is 1. The smallest absolute Gasteiger partial charge is 0.224 e. The lowest BCUT2D eigenvalue weighted by molar-refractivity contribution is -0.116. The molecule has 138 valence electrons. The number of para-hydroxylation sites is 2. The summed E-state index contributed by atoms with van der Waals surface area (Å²) in [6.07, 6.45) is 1.13. The molecule has 0 saturated heterocycles. The number of nitrogens with zero attached hydrogens (tertiary/aromatic N) is 1. The summed E-state index contributed by atoms with van der Waals surface area (Å²) in [5, 5.41) is 3.00. The van der Waals surface area contributed by atoms with Crippen molar-refractivity contribution in [3.8, 4) is 0 Å².